The van der Waals surface area contributed by atoms with Crippen molar-refractivity contribution < 1.29 is 9.90 Å². The van der Waals surface area contributed by atoms with Gasteiger partial charge in [0.2, 0.25) is 0 Å². The Labute approximate surface area is 158 Å². The van der Waals surface area contributed by atoms with Crippen molar-refractivity contribution in [2.45, 2.75) is 20.4 Å². The number of nitrogens with zero attached hydrogens (tertiary/aromatic N) is 2. The Hall–Kier alpha value is -3.58. The standard InChI is InChI=1S/C23H20N2O2/c1-16-12-21(17(2)25(16)15-18-6-4-3-5-7-18)13-22(14-24)19-8-10-20(11-9-19)23(26)27/h3-13H,15H2,1-2H3,(H,26,27)/b22-13-. The summed E-state index contributed by atoms with van der Waals surface area (Å²) in [5, 5.41) is 18.6. The van der Waals surface area contributed by atoms with Crippen LogP contribution in [0.25, 0.3) is 11.6 Å². The van der Waals surface area contributed by atoms with Crippen molar-refractivity contribution in [2.24, 2.45) is 0 Å². The average molecular weight is 356 g/mol. The molecule has 1 aromatic heterocycles. The Morgan fingerprint density at radius 2 is 1.70 bits per heavy atom. The minimum Gasteiger partial charge on any atom is -0.478 e. The second-order valence-corrected chi connectivity index (χ2v) is 6.45. The van der Waals surface area contributed by atoms with E-state index in [1.54, 1.807) is 12.1 Å². The number of carboxylic acids is 1. The van der Waals surface area contributed by atoms with E-state index in [9.17, 15) is 10.1 Å². The molecule has 0 spiro atoms. The van der Waals surface area contributed by atoms with Crippen molar-refractivity contribution >= 4 is 17.6 Å². The van der Waals surface area contributed by atoms with E-state index in [1.807, 2.05) is 31.2 Å². The number of aromatic carboxylic acids is 1. The number of aryl methyl sites for hydroxylation is 1. The maximum absolute atomic E-state index is 11.0. The number of carbonyl (C=O) groups is 1. The monoisotopic (exact) mass is 356 g/mol. The minimum atomic E-state index is -0.978. The first-order valence-corrected chi connectivity index (χ1v) is 8.66. The molecule has 0 bridgehead atoms. The fraction of sp³-hybridized carbons (Fsp3) is 0.130. The number of hydrogen-bond acceptors (Lipinski definition) is 2. The molecule has 0 unspecified atom stereocenters. The predicted octanol–water partition coefficient (Wildman–Crippen LogP) is 4.92. The summed E-state index contributed by atoms with van der Waals surface area (Å²) in [5.74, 6) is -0.978. The Morgan fingerprint density at radius 3 is 2.30 bits per heavy atom. The van der Waals surface area contributed by atoms with Gasteiger partial charge >= 0.3 is 5.97 Å². The Morgan fingerprint density at radius 1 is 1.07 bits per heavy atom. The van der Waals surface area contributed by atoms with Crippen LogP contribution in [0.5, 0.6) is 0 Å². The third kappa shape index (κ3) is 3.99. The summed E-state index contributed by atoms with van der Waals surface area (Å²) in [6.45, 7) is 4.88. The lowest BCUT2D eigenvalue weighted by molar-refractivity contribution is 0.0697. The van der Waals surface area contributed by atoms with E-state index >= 15 is 0 Å². The van der Waals surface area contributed by atoms with E-state index < -0.39 is 5.97 Å². The van der Waals surface area contributed by atoms with Crippen molar-refractivity contribution in [1.82, 2.24) is 4.57 Å². The first kappa shape index (κ1) is 18.2. The van der Waals surface area contributed by atoms with Crippen LogP contribution in [0.1, 0.15) is 38.4 Å². The summed E-state index contributed by atoms with van der Waals surface area (Å²) in [5.41, 5.74) is 5.84. The topological polar surface area (TPSA) is 66.0 Å². The molecule has 0 aliphatic rings. The van der Waals surface area contributed by atoms with Crippen LogP contribution in [-0.4, -0.2) is 15.6 Å². The predicted molar refractivity (Wildman–Crippen MR) is 106 cm³/mol. The fourth-order valence-corrected chi connectivity index (χ4v) is 3.11. The zero-order chi connectivity index (χ0) is 19.4. The molecule has 134 valence electrons. The second-order valence-electron chi connectivity index (χ2n) is 6.45. The Balaban J connectivity index is 1.94. The van der Waals surface area contributed by atoms with E-state index in [2.05, 4.69) is 35.8 Å². The normalized spacial score (nSPS) is 11.2. The van der Waals surface area contributed by atoms with Crippen molar-refractivity contribution in [3.63, 3.8) is 0 Å². The van der Waals surface area contributed by atoms with Gasteiger partial charge in [0.25, 0.3) is 0 Å². The van der Waals surface area contributed by atoms with E-state index in [-0.39, 0.29) is 5.56 Å². The molecule has 0 fully saturated rings. The average Bonchev–Trinajstić information content (AvgIpc) is 2.94. The van der Waals surface area contributed by atoms with Gasteiger partial charge in [0, 0.05) is 17.9 Å². The summed E-state index contributed by atoms with van der Waals surface area (Å²) >= 11 is 0. The van der Waals surface area contributed by atoms with Gasteiger partial charge in [0.1, 0.15) is 0 Å². The SMILES string of the molecule is Cc1cc(/C=C(/C#N)c2ccc(C(=O)O)cc2)c(C)n1Cc1ccccc1. The van der Waals surface area contributed by atoms with Gasteiger partial charge in [-0.2, -0.15) is 5.26 Å². The maximum Gasteiger partial charge on any atom is 0.335 e. The van der Waals surface area contributed by atoms with Gasteiger partial charge in [0.15, 0.2) is 0 Å². The van der Waals surface area contributed by atoms with Crippen LogP contribution in [0.15, 0.2) is 60.7 Å². The molecule has 0 atom stereocenters. The number of nitriles is 1. The van der Waals surface area contributed by atoms with Crippen LogP contribution in [0, 0.1) is 25.2 Å². The number of carboxylic acid groups (broad SMARTS) is 1. The molecule has 0 saturated carbocycles. The van der Waals surface area contributed by atoms with Gasteiger partial charge in [-0.15, -0.1) is 0 Å². The van der Waals surface area contributed by atoms with Crippen molar-refractivity contribution in [1.29, 1.82) is 5.26 Å². The Kier molecular flexibility index (Phi) is 5.23. The maximum atomic E-state index is 11.0. The largest absolute Gasteiger partial charge is 0.478 e. The fourth-order valence-electron chi connectivity index (χ4n) is 3.11. The highest BCUT2D eigenvalue weighted by Gasteiger charge is 2.10. The molecule has 0 aliphatic heterocycles. The number of rotatable bonds is 5. The first-order chi connectivity index (χ1) is 13.0. The lowest BCUT2D eigenvalue weighted by Crippen LogP contribution is -2.03. The molecule has 0 amide bonds. The molecule has 27 heavy (non-hydrogen) atoms. The zero-order valence-electron chi connectivity index (χ0n) is 15.3. The van der Waals surface area contributed by atoms with Crippen LogP contribution in [0.4, 0.5) is 0 Å². The van der Waals surface area contributed by atoms with Gasteiger partial charge < -0.3 is 9.67 Å². The number of benzene rings is 2. The molecular weight excluding hydrogens is 336 g/mol. The van der Waals surface area contributed by atoms with E-state index in [0.29, 0.717) is 11.1 Å². The zero-order valence-corrected chi connectivity index (χ0v) is 15.3. The highest BCUT2D eigenvalue weighted by atomic mass is 16.4. The summed E-state index contributed by atoms with van der Waals surface area (Å²) < 4.78 is 2.23. The molecule has 4 nitrogen and oxygen atoms in total. The van der Waals surface area contributed by atoms with Crippen LogP contribution in [-0.2, 0) is 6.54 Å². The van der Waals surface area contributed by atoms with E-state index in [0.717, 1.165) is 23.5 Å². The van der Waals surface area contributed by atoms with Crippen molar-refractivity contribution in [3.05, 3.63) is 94.3 Å². The molecule has 2 aromatic carbocycles. The molecule has 1 heterocycles. The minimum absolute atomic E-state index is 0.206. The highest BCUT2D eigenvalue weighted by molar-refractivity contribution is 5.92. The van der Waals surface area contributed by atoms with Crippen molar-refractivity contribution in [2.75, 3.05) is 0 Å². The van der Waals surface area contributed by atoms with Gasteiger partial charge in [-0.1, -0.05) is 42.5 Å². The third-order valence-corrected chi connectivity index (χ3v) is 4.66. The summed E-state index contributed by atoms with van der Waals surface area (Å²) in [6.07, 6.45) is 1.86. The van der Waals surface area contributed by atoms with Gasteiger partial charge in [0.05, 0.1) is 17.2 Å². The smallest absolute Gasteiger partial charge is 0.335 e. The molecule has 0 aliphatic carbocycles. The summed E-state index contributed by atoms with van der Waals surface area (Å²) in [7, 11) is 0. The van der Waals surface area contributed by atoms with E-state index in [4.69, 9.17) is 5.11 Å². The molecule has 1 N–H and O–H groups in total. The molecular formula is C23H20N2O2. The molecule has 0 radical (unpaired) electrons. The molecule has 3 rings (SSSR count). The van der Waals surface area contributed by atoms with Crippen LogP contribution >= 0.6 is 0 Å². The summed E-state index contributed by atoms with van der Waals surface area (Å²) in [4.78, 5) is 11.0. The highest BCUT2D eigenvalue weighted by Crippen LogP contribution is 2.23. The lowest BCUT2D eigenvalue weighted by Gasteiger charge is -2.09. The first-order valence-electron chi connectivity index (χ1n) is 8.66. The number of hydrogen-bond donors (Lipinski definition) is 1. The van der Waals surface area contributed by atoms with Gasteiger partial charge in [-0.3, -0.25) is 0 Å². The van der Waals surface area contributed by atoms with E-state index in [1.165, 1.54) is 17.7 Å². The molecule has 0 saturated heterocycles. The number of allylic oxidation sites excluding steroid dienone is 1. The number of aromatic nitrogens is 1. The second kappa shape index (κ2) is 7.76. The van der Waals surface area contributed by atoms with Crippen LogP contribution in [0.2, 0.25) is 0 Å². The Bertz CT molecular complexity index is 1040. The molecule has 4 heteroatoms. The van der Waals surface area contributed by atoms with Gasteiger partial charge in [-0.25, -0.2) is 4.79 Å². The van der Waals surface area contributed by atoms with Gasteiger partial charge in [-0.05, 0) is 54.8 Å². The van der Waals surface area contributed by atoms with Crippen LogP contribution < -0.4 is 0 Å². The quantitative estimate of drug-likeness (QED) is 0.660. The van der Waals surface area contributed by atoms with Crippen molar-refractivity contribution in [3.8, 4) is 6.07 Å². The summed E-state index contributed by atoms with van der Waals surface area (Å²) in [6, 6.07) is 20.9. The van der Waals surface area contributed by atoms with Crippen LogP contribution in [0.3, 0.4) is 0 Å². The third-order valence-electron chi connectivity index (χ3n) is 4.66. The lowest BCUT2D eigenvalue weighted by atomic mass is 10.0. The molecule has 3 aromatic rings.